The van der Waals surface area contributed by atoms with Crippen molar-refractivity contribution in [2.24, 2.45) is 11.8 Å². The highest BCUT2D eigenvalue weighted by Crippen LogP contribution is 2.32. The van der Waals surface area contributed by atoms with Crippen LogP contribution in [0.4, 0.5) is 5.69 Å². The topological polar surface area (TPSA) is 75.7 Å². The minimum Gasteiger partial charge on any atom is -0.465 e. The number of anilines is 1. The van der Waals surface area contributed by atoms with Crippen LogP contribution in [0.2, 0.25) is 0 Å². The van der Waals surface area contributed by atoms with E-state index in [1.165, 1.54) is 7.11 Å². The number of likely N-dealkylation sites (tertiary alicyclic amines) is 1. The molecular formula is C19H24N2O4. The van der Waals surface area contributed by atoms with Crippen LogP contribution in [0.1, 0.15) is 41.6 Å². The quantitative estimate of drug-likeness (QED) is 0.851. The normalized spacial score (nSPS) is 17.9. The molecule has 1 heterocycles. The van der Waals surface area contributed by atoms with Gasteiger partial charge in [0.15, 0.2) is 0 Å². The number of ether oxygens (including phenoxy) is 1. The number of nitrogens with zero attached hydrogens (tertiary/aromatic N) is 1. The van der Waals surface area contributed by atoms with Gasteiger partial charge in [0.2, 0.25) is 11.8 Å². The Balaban J connectivity index is 1.59. The number of rotatable bonds is 4. The number of carbonyl (C=O) groups is 3. The summed E-state index contributed by atoms with van der Waals surface area (Å²) in [5, 5.41) is 2.93. The molecule has 1 aromatic rings. The third-order valence-corrected chi connectivity index (χ3v) is 5.10. The zero-order valence-corrected chi connectivity index (χ0v) is 14.7. The fraction of sp³-hybridized carbons (Fsp3) is 0.526. The molecule has 2 fully saturated rings. The van der Waals surface area contributed by atoms with Gasteiger partial charge in [-0.3, -0.25) is 9.59 Å². The van der Waals surface area contributed by atoms with E-state index in [9.17, 15) is 14.4 Å². The first-order valence-electron chi connectivity index (χ1n) is 8.79. The molecule has 1 aromatic carbocycles. The molecule has 134 valence electrons. The predicted octanol–water partition coefficient (Wildman–Crippen LogP) is 2.37. The van der Waals surface area contributed by atoms with Gasteiger partial charge in [-0.25, -0.2) is 4.79 Å². The van der Waals surface area contributed by atoms with Gasteiger partial charge in [0.1, 0.15) is 0 Å². The third-order valence-electron chi connectivity index (χ3n) is 5.10. The summed E-state index contributed by atoms with van der Waals surface area (Å²) in [4.78, 5) is 38.3. The van der Waals surface area contributed by atoms with Gasteiger partial charge in [-0.05, 0) is 50.3 Å². The molecule has 1 aliphatic heterocycles. The maximum absolute atomic E-state index is 12.6. The summed E-state index contributed by atoms with van der Waals surface area (Å²) >= 11 is 0. The van der Waals surface area contributed by atoms with Gasteiger partial charge in [-0.15, -0.1) is 0 Å². The molecule has 25 heavy (non-hydrogen) atoms. The smallest absolute Gasteiger partial charge is 0.338 e. The molecule has 0 radical (unpaired) electrons. The molecular weight excluding hydrogens is 320 g/mol. The minimum atomic E-state index is -0.416. The van der Waals surface area contributed by atoms with E-state index >= 15 is 0 Å². The van der Waals surface area contributed by atoms with Crippen molar-refractivity contribution in [1.29, 1.82) is 0 Å². The lowest BCUT2D eigenvalue weighted by Gasteiger charge is -2.31. The molecule has 2 amide bonds. The second kappa shape index (κ2) is 7.25. The molecule has 3 rings (SSSR count). The molecule has 0 atom stereocenters. The van der Waals surface area contributed by atoms with Crippen molar-refractivity contribution in [2.45, 2.75) is 32.6 Å². The lowest BCUT2D eigenvalue weighted by atomic mass is 9.95. The van der Waals surface area contributed by atoms with Crippen molar-refractivity contribution in [3.8, 4) is 0 Å². The summed E-state index contributed by atoms with van der Waals surface area (Å²) in [5.41, 5.74) is 1.78. The van der Waals surface area contributed by atoms with Gasteiger partial charge in [-0.2, -0.15) is 0 Å². The first kappa shape index (κ1) is 17.5. The molecule has 0 spiro atoms. The van der Waals surface area contributed by atoms with E-state index in [1.807, 2.05) is 4.90 Å². The van der Waals surface area contributed by atoms with Crippen LogP contribution in [0.15, 0.2) is 18.2 Å². The Bertz CT molecular complexity index is 689. The zero-order valence-electron chi connectivity index (χ0n) is 14.7. The Hall–Kier alpha value is -2.37. The zero-order chi connectivity index (χ0) is 18.0. The summed E-state index contributed by atoms with van der Waals surface area (Å²) in [6.07, 6.45) is 3.38. The second-order valence-corrected chi connectivity index (χ2v) is 6.83. The van der Waals surface area contributed by atoms with Crippen LogP contribution in [0.5, 0.6) is 0 Å². The van der Waals surface area contributed by atoms with Crippen molar-refractivity contribution >= 4 is 23.5 Å². The van der Waals surface area contributed by atoms with Crippen LogP contribution < -0.4 is 5.32 Å². The largest absolute Gasteiger partial charge is 0.465 e. The fourth-order valence-electron chi connectivity index (χ4n) is 3.29. The number of nitrogens with one attached hydrogen (secondary N) is 1. The Morgan fingerprint density at radius 2 is 1.76 bits per heavy atom. The Morgan fingerprint density at radius 3 is 2.36 bits per heavy atom. The number of amides is 2. The fourth-order valence-corrected chi connectivity index (χ4v) is 3.29. The molecule has 2 aliphatic rings. The van der Waals surface area contributed by atoms with Gasteiger partial charge in [-0.1, -0.05) is 6.07 Å². The summed E-state index contributed by atoms with van der Waals surface area (Å²) in [5.74, 6) is -0.0943. The Morgan fingerprint density at radius 1 is 1.08 bits per heavy atom. The maximum atomic E-state index is 12.6. The standard InChI is InChI=1S/C19H24N2O4/c1-12-15(19(24)25-2)4-3-5-16(12)20-17(22)13-8-10-21(11-9-13)18(23)14-6-7-14/h3-5,13-14H,6-11H2,1-2H3,(H,20,22). The SMILES string of the molecule is COC(=O)c1cccc(NC(=O)C2CCN(C(=O)C3CC3)CC2)c1C. The number of benzene rings is 1. The van der Waals surface area contributed by atoms with Gasteiger partial charge >= 0.3 is 5.97 Å². The van der Waals surface area contributed by atoms with Gasteiger partial charge in [0, 0.05) is 30.6 Å². The van der Waals surface area contributed by atoms with E-state index < -0.39 is 5.97 Å². The first-order valence-corrected chi connectivity index (χ1v) is 8.79. The number of carbonyl (C=O) groups excluding carboxylic acids is 3. The monoisotopic (exact) mass is 344 g/mol. The Labute approximate surface area is 147 Å². The van der Waals surface area contributed by atoms with Gasteiger partial charge < -0.3 is 15.0 Å². The maximum Gasteiger partial charge on any atom is 0.338 e. The van der Waals surface area contributed by atoms with Crippen LogP contribution in [0.3, 0.4) is 0 Å². The minimum absolute atomic E-state index is 0.0522. The predicted molar refractivity (Wildman–Crippen MR) is 93.2 cm³/mol. The third kappa shape index (κ3) is 3.83. The summed E-state index contributed by atoms with van der Waals surface area (Å²) in [6, 6.07) is 5.19. The average molecular weight is 344 g/mol. The van der Waals surface area contributed by atoms with Crippen molar-refractivity contribution < 1.29 is 19.1 Å². The highest BCUT2D eigenvalue weighted by atomic mass is 16.5. The number of hydrogen-bond acceptors (Lipinski definition) is 4. The lowest BCUT2D eigenvalue weighted by molar-refractivity contribution is -0.135. The molecule has 6 heteroatoms. The lowest BCUT2D eigenvalue weighted by Crippen LogP contribution is -2.42. The molecule has 1 saturated carbocycles. The number of hydrogen-bond donors (Lipinski definition) is 1. The second-order valence-electron chi connectivity index (χ2n) is 6.83. The van der Waals surface area contributed by atoms with E-state index in [0.29, 0.717) is 42.7 Å². The van der Waals surface area contributed by atoms with Crippen molar-refractivity contribution in [3.05, 3.63) is 29.3 Å². The number of piperidine rings is 1. The van der Waals surface area contributed by atoms with E-state index in [1.54, 1.807) is 25.1 Å². The van der Waals surface area contributed by atoms with E-state index in [4.69, 9.17) is 4.74 Å². The molecule has 1 aliphatic carbocycles. The molecule has 0 aromatic heterocycles. The van der Waals surface area contributed by atoms with Crippen LogP contribution in [0, 0.1) is 18.8 Å². The molecule has 0 bridgehead atoms. The summed E-state index contributed by atoms with van der Waals surface area (Å²) < 4.78 is 4.76. The van der Waals surface area contributed by atoms with Crippen LogP contribution in [-0.4, -0.2) is 42.9 Å². The van der Waals surface area contributed by atoms with E-state index in [2.05, 4.69) is 5.32 Å². The van der Waals surface area contributed by atoms with E-state index in [-0.39, 0.29) is 23.7 Å². The summed E-state index contributed by atoms with van der Waals surface area (Å²) in [6.45, 7) is 3.09. The van der Waals surface area contributed by atoms with Crippen LogP contribution >= 0.6 is 0 Å². The highest BCUT2D eigenvalue weighted by molar-refractivity contribution is 5.97. The first-order chi connectivity index (χ1) is 12.0. The average Bonchev–Trinajstić information content (AvgIpc) is 3.47. The van der Waals surface area contributed by atoms with Gasteiger partial charge in [0.05, 0.1) is 12.7 Å². The molecule has 1 saturated heterocycles. The van der Waals surface area contributed by atoms with Crippen molar-refractivity contribution in [3.63, 3.8) is 0 Å². The highest BCUT2D eigenvalue weighted by Gasteiger charge is 2.36. The number of methoxy groups -OCH3 is 1. The van der Waals surface area contributed by atoms with Gasteiger partial charge in [0.25, 0.3) is 0 Å². The molecule has 6 nitrogen and oxygen atoms in total. The van der Waals surface area contributed by atoms with Crippen molar-refractivity contribution in [1.82, 2.24) is 4.90 Å². The summed E-state index contributed by atoms with van der Waals surface area (Å²) in [7, 11) is 1.34. The molecule has 0 unspecified atom stereocenters. The number of esters is 1. The van der Waals surface area contributed by atoms with Crippen molar-refractivity contribution in [2.75, 3.05) is 25.5 Å². The van der Waals surface area contributed by atoms with E-state index in [0.717, 1.165) is 12.8 Å². The van der Waals surface area contributed by atoms with Crippen LogP contribution in [0.25, 0.3) is 0 Å². The van der Waals surface area contributed by atoms with Crippen LogP contribution in [-0.2, 0) is 14.3 Å². The Kier molecular flexibility index (Phi) is 5.06. The molecule has 1 N–H and O–H groups in total.